The predicted molar refractivity (Wildman–Crippen MR) is 98.9 cm³/mol. The van der Waals surface area contributed by atoms with Gasteiger partial charge in [-0.15, -0.1) is 0 Å². The zero-order valence-electron chi connectivity index (χ0n) is 15.1. The molecule has 1 N–H and O–H groups in total. The molecule has 1 aliphatic rings. The van der Waals surface area contributed by atoms with Gasteiger partial charge in [-0.1, -0.05) is 12.1 Å². The maximum absolute atomic E-state index is 10.1. The van der Waals surface area contributed by atoms with Crippen LogP contribution in [0.3, 0.4) is 0 Å². The number of nitrogens with zero attached hydrogens (tertiary/aromatic N) is 4. The third-order valence-corrected chi connectivity index (χ3v) is 4.27. The maximum Gasteiger partial charge on any atom is 0.165 e. The van der Waals surface area contributed by atoms with Gasteiger partial charge in [-0.2, -0.15) is 0 Å². The molecule has 0 bridgehead atoms. The Morgan fingerprint density at radius 2 is 2.08 bits per heavy atom. The van der Waals surface area contributed by atoms with E-state index in [1.54, 1.807) is 12.1 Å². The van der Waals surface area contributed by atoms with Crippen LogP contribution in [-0.2, 0) is 4.74 Å². The van der Waals surface area contributed by atoms with E-state index in [0.717, 1.165) is 37.8 Å². The zero-order valence-corrected chi connectivity index (χ0v) is 15.1. The first kappa shape index (κ1) is 17.6. The van der Waals surface area contributed by atoms with Crippen LogP contribution in [0.25, 0.3) is 11.4 Å². The van der Waals surface area contributed by atoms with Gasteiger partial charge in [-0.3, -0.25) is 0 Å². The van der Waals surface area contributed by atoms with E-state index in [9.17, 15) is 5.11 Å². The molecule has 1 aromatic carbocycles. The van der Waals surface area contributed by atoms with Crippen LogP contribution in [-0.4, -0.2) is 66.9 Å². The number of phenolic OH excluding ortho intramolecular Hbond substituents is 1. The number of aromatic nitrogens is 2. The summed E-state index contributed by atoms with van der Waals surface area (Å²) in [5.41, 5.74) is 1.54. The fraction of sp³-hybridized carbons (Fsp3) is 0.474. The molecule has 134 valence electrons. The van der Waals surface area contributed by atoms with Crippen molar-refractivity contribution < 1.29 is 9.84 Å². The standard InChI is InChI=1S/C19H26N4O2/c1-14-10-18(21-19(20-14)16-6-4-5-7-17(16)24)23-8-9-25-13-15(12-23)11-22(2)3/h4-7,10,15,24H,8-9,11-13H2,1-3H3/t15-/m0/s1. The van der Waals surface area contributed by atoms with E-state index >= 15 is 0 Å². The van der Waals surface area contributed by atoms with Gasteiger partial charge >= 0.3 is 0 Å². The molecular formula is C19H26N4O2. The van der Waals surface area contributed by atoms with Gasteiger partial charge < -0.3 is 19.6 Å². The van der Waals surface area contributed by atoms with E-state index in [-0.39, 0.29) is 5.75 Å². The molecule has 0 radical (unpaired) electrons. The van der Waals surface area contributed by atoms with E-state index in [0.29, 0.717) is 23.9 Å². The first-order valence-corrected chi connectivity index (χ1v) is 8.64. The lowest BCUT2D eigenvalue weighted by Crippen LogP contribution is -2.35. The van der Waals surface area contributed by atoms with Crippen molar-refractivity contribution in [2.45, 2.75) is 6.92 Å². The van der Waals surface area contributed by atoms with Crippen molar-refractivity contribution in [3.8, 4) is 17.1 Å². The quantitative estimate of drug-likeness (QED) is 0.919. The summed E-state index contributed by atoms with van der Waals surface area (Å²) in [6.45, 7) is 6.10. The molecular weight excluding hydrogens is 316 g/mol. The summed E-state index contributed by atoms with van der Waals surface area (Å²) >= 11 is 0. The van der Waals surface area contributed by atoms with E-state index in [1.165, 1.54) is 0 Å². The minimum atomic E-state index is 0.198. The summed E-state index contributed by atoms with van der Waals surface area (Å²) in [6, 6.07) is 9.18. The number of hydrogen-bond acceptors (Lipinski definition) is 6. The van der Waals surface area contributed by atoms with Gasteiger partial charge in [0, 0.05) is 37.3 Å². The number of phenols is 1. The van der Waals surface area contributed by atoms with Crippen molar-refractivity contribution in [2.24, 2.45) is 5.92 Å². The average molecular weight is 342 g/mol. The molecule has 1 aromatic heterocycles. The first-order chi connectivity index (χ1) is 12.0. The number of aromatic hydroxyl groups is 1. The number of rotatable bonds is 4. The maximum atomic E-state index is 10.1. The fourth-order valence-electron chi connectivity index (χ4n) is 3.21. The monoisotopic (exact) mass is 342 g/mol. The lowest BCUT2D eigenvalue weighted by Gasteiger charge is -2.26. The van der Waals surface area contributed by atoms with Crippen LogP contribution in [0.4, 0.5) is 5.82 Å². The van der Waals surface area contributed by atoms with Crippen LogP contribution in [0.15, 0.2) is 30.3 Å². The van der Waals surface area contributed by atoms with E-state index in [4.69, 9.17) is 9.72 Å². The topological polar surface area (TPSA) is 61.7 Å². The van der Waals surface area contributed by atoms with Gasteiger partial charge in [0.05, 0.1) is 18.8 Å². The SMILES string of the molecule is Cc1cc(N2CCOC[C@@H](CN(C)C)C2)nc(-c2ccccc2O)n1. The molecule has 2 heterocycles. The second-order valence-corrected chi connectivity index (χ2v) is 6.86. The highest BCUT2D eigenvalue weighted by Crippen LogP contribution is 2.28. The third-order valence-electron chi connectivity index (χ3n) is 4.27. The molecule has 3 rings (SSSR count). The molecule has 2 aromatic rings. The summed E-state index contributed by atoms with van der Waals surface area (Å²) < 4.78 is 5.77. The second-order valence-electron chi connectivity index (χ2n) is 6.86. The summed E-state index contributed by atoms with van der Waals surface area (Å²) in [4.78, 5) is 13.7. The summed E-state index contributed by atoms with van der Waals surface area (Å²) in [6.07, 6.45) is 0. The van der Waals surface area contributed by atoms with Crippen LogP contribution in [0, 0.1) is 12.8 Å². The van der Waals surface area contributed by atoms with Crippen molar-refractivity contribution in [3.05, 3.63) is 36.0 Å². The Kier molecular flexibility index (Phi) is 5.50. The van der Waals surface area contributed by atoms with Crippen LogP contribution >= 0.6 is 0 Å². The molecule has 0 unspecified atom stereocenters. The lowest BCUT2D eigenvalue weighted by atomic mass is 10.1. The molecule has 0 spiro atoms. The summed E-state index contributed by atoms with van der Waals surface area (Å²) in [5, 5.41) is 10.1. The predicted octanol–water partition coefficient (Wildman–Crippen LogP) is 2.17. The molecule has 25 heavy (non-hydrogen) atoms. The van der Waals surface area contributed by atoms with Crippen molar-refractivity contribution in [3.63, 3.8) is 0 Å². The Morgan fingerprint density at radius 3 is 2.84 bits per heavy atom. The van der Waals surface area contributed by atoms with Gasteiger partial charge in [-0.05, 0) is 33.2 Å². The van der Waals surface area contributed by atoms with Gasteiger partial charge in [0.15, 0.2) is 5.82 Å². The zero-order chi connectivity index (χ0) is 17.8. The Labute approximate surface area is 149 Å². The van der Waals surface area contributed by atoms with E-state index < -0.39 is 0 Å². The highest BCUT2D eigenvalue weighted by Gasteiger charge is 2.21. The smallest absolute Gasteiger partial charge is 0.165 e. The number of aryl methyl sites for hydroxylation is 1. The molecule has 0 amide bonds. The Morgan fingerprint density at radius 1 is 1.28 bits per heavy atom. The van der Waals surface area contributed by atoms with E-state index in [1.807, 2.05) is 25.1 Å². The normalized spacial score (nSPS) is 18.4. The number of anilines is 1. The number of hydrogen-bond donors (Lipinski definition) is 1. The highest BCUT2D eigenvalue weighted by atomic mass is 16.5. The Balaban J connectivity index is 1.90. The van der Waals surface area contributed by atoms with Crippen LogP contribution < -0.4 is 4.90 Å². The van der Waals surface area contributed by atoms with Gasteiger partial charge in [0.25, 0.3) is 0 Å². The summed E-state index contributed by atoms with van der Waals surface area (Å²) in [5.74, 6) is 2.08. The van der Waals surface area contributed by atoms with Crippen molar-refractivity contribution in [2.75, 3.05) is 51.8 Å². The lowest BCUT2D eigenvalue weighted by molar-refractivity contribution is 0.113. The van der Waals surface area contributed by atoms with Gasteiger partial charge in [0.2, 0.25) is 0 Å². The Hall–Kier alpha value is -2.18. The largest absolute Gasteiger partial charge is 0.507 e. The molecule has 6 heteroatoms. The van der Waals surface area contributed by atoms with Gasteiger partial charge in [-0.25, -0.2) is 9.97 Å². The molecule has 1 atom stereocenters. The number of benzene rings is 1. The molecule has 0 aliphatic carbocycles. The highest BCUT2D eigenvalue weighted by molar-refractivity contribution is 5.65. The molecule has 1 aliphatic heterocycles. The number of ether oxygens (including phenoxy) is 1. The van der Waals surface area contributed by atoms with Gasteiger partial charge in [0.1, 0.15) is 11.6 Å². The molecule has 1 fully saturated rings. The summed E-state index contributed by atoms with van der Waals surface area (Å²) in [7, 11) is 4.17. The molecule has 0 saturated carbocycles. The van der Waals surface area contributed by atoms with Crippen LogP contribution in [0.2, 0.25) is 0 Å². The van der Waals surface area contributed by atoms with Crippen LogP contribution in [0.5, 0.6) is 5.75 Å². The minimum Gasteiger partial charge on any atom is -0.507 e. The van der Waals surface area contributed by atoms with Crippen LogP contribution in [0.1, 0.15) is 5.69 Å². The molecule has 6 nitrogen and oxygen atoms in total. The van der Waals surface area contributed by atoms with Crippen molar-refractivity contribution >= 4 is 5.82 Å². The van der Waals surface area contributed by atoms with E-state index in [2.05, 4.69) is 28.9 Å². The fourth-order valence-corrected chi connectivity index (χ4v) is 3.21. The third kappa shape index (κ3) is 4.46. The second kappa shape index (κ2) is 7.80. The number of para-hydroxylation sites is 1. The van der Waals surface area contributed by atoms with Crippen molar-refractivity contribution in [1.29, 1.82) is 0 Å². The van der Waals surface area contributed by atoms with Crippen molar-refractivity contribution in [1.82, 2.24) is 14.9 Å². The first-order valence-electron chi connectivity index (χ1n) is 8.64. The average Bonchev–Trinajstić information content (AvgIpc) is 2.79. The Bertz CT molecular complexity index is 720. The molecule has 1 saturated heterocycles. The minimum absolute atomic E-state index is 0.198.